The van der Waals surface area contributed by atoms with Gasteiger partial charge in [-0.15, -0.1) is 0 Å². The number of benzene rings is 3. The van der Waals surface area contributed by atoms with E-state index in [1.807, 2.05) is 36.4 Å². The molecule has 2 unspecified atom stereocenters. The topological polar surface area (TPSA) is 61.6 Å². The van der Waals surface area contributed by atoms with Crippen molar-refractivity contribution in [2.24, 2.45) is 5.73 Å². The van der Waals surface area contributed by atoms with E-state index in [9.17, 15) is 18.0 Å². The Balaban J connectivity index is 0.000000242. The number of alkyl halides is 3. The molecule has 0 spiro atoms. The molecule has 45 heavy (non-hydrogen) atoms. The van der Waals surface area contributed by atoms with Crippen LogP contribution >= 0.6 is 11.6 Å². The van der Waals surface area contributed by atoms with Gasteiger partial charge in [-0.1, -0.05) is 92.2 Å². The molecule has 2 saturated heterocycles. The number of hydrogen-bond donors (Lipinski definition) is 2. The minimum atomic E-state index is -4.61. The Morgan fingerprint density at radius 2 is 1.38 bits per heavy atom. The highest BCUT2D eigenvalue weighted by atomic mass is 35.5. The summed E-state index contributed by atoms with van der Waals surface area (Å²) in [4.78, 5) is 17.8. The summed E-state index contributed by atoms with van der Waals surface area (Å²) in [5.41, 5.74) is 7.24. The number of carbonyl (C=O) groups excluding carboxylic acids is 1. The molecule has 3 aromatic rings. The molecule has 9 heteroatoms. The Hall–Kier alpha value is -2.91. The molecule has 244 valence electrons. The van der Waals surface area contributed by atoms with Gasteiger partial charge < -0.3 is 11.1 Å². The molecule has 0 bridgehead atoms. The van der Waals surface area contributed by atoms with E-state index >= 15 is 0 Å². The lowest BCUT2D eigenvalue weighted by Gasteiger charge is -2.29. The zero-order valence-electron chi connectivity index (χ0n) is 26.3. The molecule has 2 aliphatic heterocycles. The van der Waals surface area contributed by atoms with Gasteiger partial charge in [0, 0.05) is 31.2 Å². The summed E-state index contributed by atoms with van der Waals surface area (Å²) in [7, 11) is 0. The van der Waals surface area contributed by atoms with Crippen LogP contribution in [0.15, 0.2) is 78.9 Å². The highest BCUT2D eigenvalue weighted by molar-refractivity contribution is 6.34. The summed E-state index contributed by atoms with van der Waals surface area (Å²) in [6.45, 7) is 8.19. The van der Waals surface area contributed by atoms with Crippen molar-refractivity contribution in [1.82, 2.24) is 15.1 Å². The Morgan fingerprint density at radius 3 is 1.91 bits per heavy atom. The van der Waals surface area contributed by atoms with Gasteiger partial charge in [0.05, 0.1) is 22.2 Å². The van der Waals surface area contributed by atoms with Crippen LogP contribution in [0.1, 0.15) is 91.5 Å². The molecular weight excluding hydrogens is 597 g/mol. The molecule has 2 fully saturated rings. The first-order valence-electron chi connectivity index (χ1n) is 16.1. The van der Waals surface area contributed by atoms with Crippen LogP contribution in [-0.2, 0) is 6.18 Å². The van der Waals surface area contributed by atoms with Crippen LogP contribution in [0.3, 0.4) is 0 Å². The van der Waals surface area contributed by atoms with Crippen molar-refractivity contribution in [2.45, 2.75) is 82.7 Å². The number of halogens is 4. The predicted octanol–water partition coefficient (Wildman–Crippen LogP) is 8.27. The Bertz CT molecular complexity index is 1340. The van der Waals surface area contributed by atoms with E-state index in [0.717, 1.165) is 50.0 Å². The van der Waals surface area contributed by atoms with Crippen molar-refractivity contribution in [3.05, 3.63) is 106 Å². The molecule has 2 heterocycles. The molecule has 5 rings (SSSR count). The van der Waals surface area contributed by atoms with Crippen LogP contribution in [0.5, 0.6) is 0 Å². The lowest BCUT2D eigenvalue weighted by Crippen LogP contribution is -2.40. The third-order valence-corrected chi connectivity index (χ3v) is 9.48. The SMILES string of the molecule is CCC1CCCN1C[C@@H](N)c1ccccc1.CCC1CCCN1C[C@@H](NC(=O)c1cccc(C(F)(F)F)c1Cl)c1ccccc1. The number of likely N-dealkylation sites (tertiary alicyclic amines) is 2. The number of nitrogens with zero attached hydrogens (tertiary/aromatic N) is 2. The quantitative estimate of drug-likeness (QED) is 0.234. The van der Waals surface area contributed by atoms with Crippen LogP contribution < -0.4 is 11.1 Å². The van der Waals surface area contributed by atoms with E-state index in [2.05, 4.69) is 53.2 Å². The van der Waals surface area contributed by atoms with Crippen molar-refractivity contribution in [3.8, 4) is 0 Å². The zero-order chi connectivity index (χ0) is 32.4. The second kappa shape index (κ2) is 16.6. The van der Waals surface area contributed by atoms with E-state index in [4.69, 9.17) is 17.3 Å². The third kappa shape index (κ3) is 9.55. The third-order valence-electron chi connectivity index (χ3n) is 9.07. The number of nitrogens with one attached hydrogen (secondary N) is 1. The van der Waals surface area contributed by atoms with E-state index < -0.39 is 22.7 Å². The lowest BCUT2D eigenvalue weighted by atomic mass is 10.0. The average Bonchev–Trinajstić information content (AvgIpc) is 3.70. The molecule has 0 saturated carbocycles. The molecule has 5 nitrogen and oxygen atoms in total. The molecule has 1 amide bonds. The first-order valence-corrected chi connectivity index (χ1v) is 16.5. The first kappa shape index (κ1) is 35.0. The van der Waals surface area contributed by atoms with E-state index in [1.54, 1.807) is 0 Å². The highest BCUT2D eigenvalue weighted by Crippen LogP contribution is 2.36. The molecule has 3 aromatic carbocycles. The van der Waals surface area contributed by atoms with Gasteiger partial charge in [-0.05, 0) is 74.9 Å². The fourth-order valence-electron chi connectivity index (χ4n) is 6.57. The predicted molar refractivity (Wildman–Crippen MR) is 176 cm³/mol. The van der Waals surface area contributed by atoms with Gasteiger partial charge in [0.2, 0.25) is 0 Å². The Labute approximate surface area is 270 Å². The minimum Gasteiger partial charge on any atom is -0.344 e. The van der Waals surface area contributed by atoms with E-state index in [0.29, 0.717) is 12.6 Å². The van der Waals surface area contributed by atoms with Gasteiger partial charge in [-0.3, -0.25) is 14.6 Å². The van der Waals surface area contributed by atoms with E-state index in [-0.39, 0.29) is 17.6 Å². The van der Waals surface area contributed by atoms with Crippen LogP contribution in [0, 0.1) is 0 Å². The van der Waals surface area contributed by atoms with Crippen molar-refractivity contribution >= 4 is 17.5 Å². The summed E-state index contributed by atoms with van der Waals surface area (Å²) in [6, 6.07) is 24.3. The maximum absolute atomic E-state index is 13.1. The molecular formula is C36H46ClF3N4O. The summed E-state index contributed by atoms with van der Waals surface area (Å²) in [5, 5.41) is 2.34. The second-order valence-electron chi connectivity index (χ2n) is 12.0. The Morgan fingerprint density at radius 1 is 0.844 bits per heavy atom. The second-order valence-corrected chi connectivity index (χ2v) is 12.4. The van der Waals surface area contributed by atoms with Crippen molar-refractivity contribution in [1.29, 1.82) is 0 Å². The molecule has 0 aromatic heterocycles. The van der Waals surface area contributed by atoms with Gasteiger partial charge >= 0.3 is 6.18 Å². The van der Waals surface area contributed by atoms with Gasteiger partial charge in [0.25, 0.3) is 5.91 Å². The number of hydrogen-bond acceptors (Lipinski definition) is 4. The summed E-state index contributed by atoms with van der Waals surface area (Å²) >= 11 is 5.94. The van der Waals surface area contributed by atoms with Gasteiger partial charge in [-0.2, -0.15) is 13.2 Å². The van der Waals surface area contributed by atoms with Crippen LogP contribution in [0.4, 0.5) is 13.2 Å². The molecule has 4 atom stereocenters. The number of rotatable bonds is 10. The normalized spacial score (nSPS) is 20.3. The molecule has 2 aliphatic rings. The highest BCUT2D eigenvalue weighted by Gasteiger charge is 2.35. The van der Waals surface area contributed by atoms with E-state index in [1.165, 1.54) is 43.5 Å². The fraction of sp³-hybridized carbons (Fsp3) is 0.472. The first-order chi connectivity index (χ1) is 21.6. The largest absolute Gasteiger partial charge is 0.417 e. The van der Waals surface area contributed by atoms with Crippen LogP contribution in [0.25, 0.3) is 0 Å². The maximum Gasteiger partial charge on any atom is 0.417 e. The molecule has 0 aliphatic carbocycles. The fourth-order valence-corrected chi connectivity index (χ4v) is 6.89. The number of amides is 1. The van der Waals surface area contributed by atoms with Gasteiger partial charge in [0.15, 0.2) is 0 Å². The summed E-state index contributed by atoms with van der Waals surface area (Å²) in [6.07, 6.45) is 2.56. The molecule has 0 radical (unpaired) electrons. The smallest absolute Gasteiger partial charge is 0.344 e. The zero-order valence-corrected chi connectivity index (χ0v) is 27.0. The van der Waals surface area contributed by atoms with Crippen molar-refractivity contribution < 1.29 is 18.0 Å². The standard InChI is InChI=1S/C22H24ClF3N2O.C14H22N2/c1-2-16-10-7-13-28(16)14-19(15-8-4-3-5-9-15)27-21(29)17-11-6-12-18(20(17)23)22(24,25)26;1-2-13-9-6-10-16(13)11-14(15)12-7-4-3-5-8-12/h3-6,8-9,11-12,16,19H,2,7,10,13-14H2,1H3,(H,27,29);3-5,7-8,13-14H,2,6,9-11,15H2,1H3/t16?,19-;13?,14-/m11/s1. The summed E-state index contributed by atoms with van der Waals surface area (Å²) < 4.78 is 39.4. The number of nitrogens with two attached hydrogens (primary N) is 1. The maximum atomic E-state index is 13.1. The van der Waals surface area contributed by atoms with Crippen LogP contribution in [-0.4, -0.2) is 54.0 Å². The minimum absolute atomic E-state index is 0.161. The lowest BCUT2D eigenvalue weighted by molar-refractivity contribution is -0.137. The van der Waals surface area contributed by atoms with Crippen molar-refractivity contribution in [3.63, 3.8) is 0 Å². The Kier molecular flexibility index (Phi) is 12.9. The van der Waals surface area contributed by atoms with Gasteiger partial charge in [-0.25, -0.2) is 0 Å². The van der Waals surface area contributed by atoms with Crippen molar-refractivity contribution in [2.75, 3.05) is 26.2 Å². The summed E-state index contributed by atoms with van der Waals surface area (Å²) in [5.74, 6) is -0.609. The monoisotopic (exact) mass is 642 g/mol. The van der Waals surface area contributed by atoms with Gasteiger partial charge in [0.1, 0.15) is 0 Å². The molecule has 3 N–H and O–H groups in total. The van der Waals surface area contributed by atoms with Crippen LogP contribution in [0.2, 0.25) is 5.02 Å². The average molecular weight is 643 g/mol. The number of carbonyl (C=O) groups is 1.